The molecule has 0 saturated carbocycles. The molecular weight excluding hydrogens is 154 g/mol. The summed E-state index contributed by atoms with van der Waals surface area (Å²) < 4.78 is 8.46. The fourth-order valence-electron chi connectivity index (χ4n) is 0.295. The van der Waals surface area contributed by atoms with Crippen molar-refractivity contribution in [3.63, 3.8) is 0 Å². The van der Waals surface area contributed by atoms with Gasteiger partial charge in [-0.15, -0.1) is 0 Å². The zero-order valence-corrected chi connectivity index (χ0v) is 7.50. The van der Waals surface area contributed by atoms with Gasteiger partial charge in [-0.1, -0.05) is 0 Å². The molecule has 0 aliphatic rings. The molecule has 5 heteroatoms. The van der Waals surface area contributed by atoms with Gasteiger partial charge in [0, 0.05) is 0 Å². The van der Waals surface area contributed by atoms with Gasteiger partial charge in [-0.2, -0.15) is 0 Å². The summed E-state index contributed by atoms with van der Waals surface area (Å²) in [7, 11) is -0.833. The van der Waals surface area contributed by atoms with E-state index in [0.29, 0.717) is 21.8 Å². The van der Waals surface area contributed by atoms with Gasteiger partial charge in [0.05, 0.1) is 0 Å². The van der Waals surface area contributed by atoms with Gasteiger partial charge < -0.3 is 4.89 Å². The van der Waals surface area contributed by atoms with E-state index in [4.69, 9.17) is 14.6 Å². The maximum absolute atomic E-state index is 8.46. The van der Waals surface area contributed by atoms with E-state index in [-0.39, 0.29) is 0 Å². The van der Waals surface area contributed by atoms with Gasteiger partial charge in [-0.25, -0.2) is 4.57 Å². The molecule has 2 N–H and O–H groups in total. The molecule has 0 aromatic heterocycles. The van der Waals surface area contributed by atoms with Gasteiger partial charge in [0.15, 0.2) is 0 Å². The first-order valence-corrected chi connectivity index (χ1v) is 5.12. The maximum atomic E-state index is 8.46. The minimum Gasteiger partial charge on any atom is -0.310 e. The summed E-state index contributed by atoms with van der Waals surface area (Å²) in [5.41, 5.74) is 0. The van der Waals surface area contributed by atoms with Crippen molar-refractivity contribution in [1.29, 1.82) is 0 Å². The minimum atomic E-state index is -0.833. The first-order valence-electron chi connectivity index (χ1n) is 2.72. The third kappa shape index (κ3) is 29.1. The van der Waals surface area contributed by atoms with Crippen LogP contribution in [0, 0.1) is 0 Å². The van der Waals surface area contributed by atoms with Crippen LogP contribution in [0.15, 0.2) is 0 Å². The molecular formula is C4H11AlO3P+. The number of hydrogen-bond acceptors (Lipinski definition) is 2. The molecule has 0 aromatic carbocycles. The predicted molar refractivity (Wildman–Crippen MR) is 38.0 cm³/mol. The van der Waals surface area contributed by atoms with E-state index in [9.17, 15) is 0 Å². The largest absolute Gasteiger partial charge is 0.324 e. The fourth-order valence-corrected chi connectivity index (χ4v) is 0.886. The summed E-state index contributed by atoms with van der Waals surface area (Å²) in [6.07, 6.45) is 0. The first kappa shape index (κ1) is 12.2. The molecule has 0 bridgehead atoms. The average Bonchev–Trinajstić information content (AvgIpc) is 1.86. The molecule has 0 fully saturated rings. The van der Waals surface area contributed by atoms with Gasteiger partial charge in [0.25, 0.3) is 0 Å². The smallest absolute Gasteiger partial charge is 0.310 e. The van der Waals surface area contributed by atoms with Gasteiger partial charge in [0.1, 0.15) is 0 Å². The van der Waals surface area contributed by atoms with E-state index >= 15 is 0 Å². The van der Waals surface area contributed by atoms with Crippen molar-refractivity contribution in [3.05, 3.63) is 0 Å². The Balaban J connectivity index is 0. The molecule has 0 radical (unpaired) electrons. The predicted octanol–water partition coefficient (Wildman–Crippen LogP) is 0.725. The quantitative estimate of drug-likeness (QED) is 0.368. The van der Waals surface area contributed by atoms with E-state index in [1.165, 1.54) is 5.28 Å². The number of aliphatic hydroxyl groups is 1. The summed E-state index contributed by atoms with van der Waals surface area (Å²) in [6.45, 7) is 2.55. The monoisotopic (exact) mass is 165 g/mol. The molecule has 0 atom stereocenters. The zero-order chi connectivity index (χ0) is 7.54. The molecule has 0 heterocycles. The molecule has 3 nitrogen and oxygen atoms in total. The van der Waals surface area contributed by atoms with Crippen LogP contribution in [-0.4, -0.2) is 31.8 Å². The first-order chi connectivity index (χ1) is 4.33. The van der Waals surface area contributed by atoms with Crippen molar-refractivity contribution in [2.45, 2.75) is 17.5 Å². The van der Waals surface area contributed by atoms with Crippen molar-refractivity contribution in [3.8, 4) is 0 Å². The molecule has 0 rings (SSSR count). The summed E-state index contributed by atoms with van der Waals surface area (Å²) in [5, 5.41) is 10.5. The number of rotatable bonds is 3. The van der Waals surface area contributed by atoms with Crippen LogP contribution in [0.4, 0.5) is 0 Å². The average molecular weight is 165 g/mol. The van der Waals surface area contributed by atoms with Gasteiger partial charge in [-0.05, 0) is 0 Å². The Morgan fingerprint density at radius 3 is 2.22 bits per heavy atom. The number of aliphatic hydroxyl groups excluding tert-OH is 1. The third-order valence-corrected chi connectivity index (χ3v) is 1.87. The number of hydrogen-bond donors (Lipinski definition) is 2. The van der Waals surface area contributed by atoms with E-state index < -0.39 is 8.69 Å². The SMILES string of the molecule is C[CH2][Al+][CH2]CO.O=PO. The summed E-state index contributed by atoms with van der Waals surface area (Å²) >= 11 is 0.568. The van der Waals surface area contributed by atoms with E-state index in [1.54, 1.807) is 0 Å². The topological polar surface area (TPSA) is 57.5 Å². The molecule has 0 unspecified atom stereocenters. The zero-order valence-electron chi connectivity index (χ0n) is 5.45. The van der Waals surface area contributed by atoms with Crippen molar-refractivity contribution in [2.24, 2.45) is 0 Å². The molecule has 52 valence electrons. The van der Waals surface area contributed by atoms with Crippen LogP contribution in [0.3, 0.4) is 0 Å². The fraction of sp³-hybridized carbons (Fsp3) is 1.00. The van der Waals surface area contributed by atoms with Crippen LogP contribution < -0.4 is 0 Å². The van der Waals surface area contributed by atoms with Crippen LogP contribution in [0.1, 0.15) is 6.92 Å². The van der Waals surface area contributed by atoms with E-state index in [2.05, 4.69) is 6.92 Å². The third-order valence-electron chi connectivity index (χ3n) is 0.622. The molecule has 0 amide bonds. The molecule has 0 saturated heterocycles. The maximum Gasteiger partial charge on any atom is 0.324 e. The van der Waals surface area contributed by atoms with Crippen molar-refractivity contribution in [1.82, 2.24) is 0 Å². The summed E-state index contributed by atoms with van der Waals surface area (Å²) in [6, 6.07) is 0. The molecule has 0 spiro atoms. The summed E-state index contributed by atoms with van der Waals surface area (Å²) in [5.74, 6) is 0. The molecule has 9 heavy (non-hydrogen) atoms. The Labute approximate surface area is 63.1 Å². The second kappa shape index (κ2) is 15.8. The van der Waals surface area contributed by atoms with E-state index in [1.807, 2.05) is 0 Å². The van der Waals surface area contributed by atoms with Crippen LogP contribution in [0.25, 0.3) is 0 Å². The molecule has 0 aliphatic carbocycles. The van der Waals surface area contributed by atoms with Crippen molar-refractivity contribution in [2.75, 3.05) is 6.61 Å². The normalized spacial score (nSPS) is 7.44. The molecule has 0 aliphatic heterocycles. The Bertz CT molecular complexity index is 49.1. The van der Waals surface area contributed by atoms with Crippen LogP contribution in [0.2, 0.25) is 10.6 Å². The standard InChI is InChI=1S/C2H5O.C2H5.Al.HO2P/c1-2-3;1-2;;1-3-2/h3H,1-2H2;1H2,2H3;;(H,1,2)/q;;+1;. The van der Waals surface area contributed by atoms with Gasteiger partial charge >= 0.3 is 53.1 Å². The Kier molecular flexibility index (Phi) is 21.5. The van der Waals surface area contributed by atoms with Gasteiger partial charge in [0.2, 0.25) is 0 Å². The van der Waals surface area contributed by atoms with Crippen molar-refractivity contribution < 1.29 is 14.6 Å². The summed E-state index contributed by atoms with van der Waals surface area (Å²) in [4.78, 5) is 6.99. The van der Waals surface area contributed by atoms with Gasteiger partial charge in [-0.3, -0.25) is 0 Å². The van der Waals surface area contributed by atoms with Crippen LogP contribution >= 0.6 is 8.69 Å². The Hall–Kier alpha value is 0.552. The van der Waals surface area contributed by atoms with E-state index in [0.717, 1.165) is 5.28 Å². The molecule has 0 aromatic rings. The van der Waals surface area contributed by atoms with Crippen molar-refractivity contribution >= 4 is 23.9 Å². The van der Waals surface area contributed by atoms with Crippen LogP contribution in [-0.2, 0) is 4.57 Å². The minimum absolute atomic E-state index is 0.392. The van der Waals surface area contributed by atoms with Crippen LogP contribution in [0.5, 0.6) is 0 Å². The Morgan fingerprint density at radius 2 is 2.11 bits per heavy atom. The Morgan fingerprint density at radius 1 is 1.67 bits per heavy atom. The second-order valence-corrected chi connectivity index (χ2v) is 3.43. The second-order valence-electron chi connectivity index (χ2n) is 1.29.